The van der Waals surface area contributed by atoms with Crippen LogP contribution in [0.5, 0.6) is 0 Å². The molecule has 0 aliphatic carbocycles. The van der Waals surface area contributed by atoms with Crippen molar-refractivity contribution in [2.24, 2.45) is 5.92 Å². The van der Waals surface area contributed by atoms with E-state index in [1.807, 2.05) is 11.8 Å². The van der Waals surface area contributed by atoms with Gasteiger partial charge in [-0.15, -0.1) is 0 Å². The molecule has 0 amide bonds. The lowest BCUT2D eigenvalue weighted by atomic mass is 9.95. The normalized spacial score (nSPS) is 16.7. The average Bonchev–Trinajstić information content (AvgIpc) is 2.78. The molecule has 0 aromatic carbocycles. The quantitative estimate of drug-likeness (QED) is 0.742. The molecule has 0 radical (unpaired) electrons. The molecule has 0 unspecified atom stereocenters. The minimum Gasteiger partial charge on any atom is -0.383 e. The molecule has 0 saturated carbocycles. The van der Waals surface area contributed by atoms with Gasteiger partial charge in [-0.2, -0.15) is 16.9 Å². The molecule has 2 heterocycles. The lowest BCUT2D eigenvalue weighted by molar-refractivity contribution is 0.0943. The molecule has 0 N–H and O–H groups in total. The first-order valence-corrected chi connectivity index (χ1v) is 8.48. The molecule has 1 saturated heterocycles. The molecule has 0 bridgehead atoms. The van der Waals surface area contributed by atoms with Gasteiger partial charge in [-0.25, -0.2) is 0 Å². The number of hydrogen-bond acceptors (Lipinski definition) is 4. The predicted molar refractivity (Wildman–Crippen MR) is 80.8 cm³/mol. The summed E-state index contributed by atoms with van der Waals surface area (Å²) in [5.74, 6) is 3.09. The van der Waals surface area contributed by atoms with E-state index in [1.165, 1.54) is 11.5 Å². The minimum atomic E-state index is 0.192. The smallest absolute Gasteiger partial charge is 0.182 e. The third-order valence-electron chi connectivity index (χ3n) is 3.38. The van der Waals surface area contributed by atoms with Crippen LogP contribution in [0.3, 0.4) is 0 Å². The van der Waals surface area contributed by atoms with Crippen molar-refractivity contribution in [3.63, 3.8) is 0 Å². The zero-order valence-corrected chi connectivity index (χ0v) is 13.5. The van der Waals surface area contributed by atoms with Crippen LogP contribution in [-0.4, -0.2) is 40.8 Å². The first-order valence-electron chi connectivity index (χ1n) is 6.53. The SMILES string of the molecule is COCCn1ncc(Br)c1C(=O)CC1CCSCC1. The number of carbonyl (C=O) groups is 1. The van der Waals surface area contributed by atoms with Crippen molar-refractivity contribution in [2.45, 2.75) is 25.8 Å². The fourth-order valence-electron chi connectivity index (χ4n) is 2.30. The number of rotatable bonds is 6. The van der Waals surface area contributed by atoms with E-state index in [2.05, 4.69) is 21.0 Å². The molecule has 1 aliphatic rings. The number of methoxy groups -OCH3 is 1. The average molecular weight is 347 g/mol. The van der Waals surface area contributed by atoms with Crippen LogP contribution in [0.4, 0.5) is 0 Å². The van der Waals surface area contributed by atoms with Gasteiger partial charge in [0.1, 0.15) is 5.69 Å². The Morgan fingerprint density at radius 1 is 1.58 bits per heavy atom. The summed E-state index contributed by atoms with van der Waals surface area (Å²) < 4.78 is 7.58. The van der Waals surface area contributed by atoms with Crippen LogP contribution in [0.25, 0.3) is 0 Å². The molecule has 6 heteroatoms. The van der Waals surface area contributed by atoms with E-state index < -0.39 is 0 Å². The summed E-state index contributed by atoms with van der Waals surface area (Å²) in [5.41, 5.74) is 0.690. The molecule has 0 atom stereocenters. The summed E-state index contributed by atoms with van der Waals surface area (Å²) in [6.45, 7) is 1.18. The summed E-state index contributed by atoms with van der Waals surface area (Å²) in [7, 11) is 1.65. The van der Waals surface area contributed by atoms with Gasteiger partial charge in [0.2, 0.25) is 0 Å². The number of halogens is 1. The minimum absolute atomic E-state index is 0.192. The second-order valence-corrected chi connectivity index (χ2v) is 6.82. The second kappa shape index (κ2) is 7.45. The fraction of sp³-hybridized carbons (Fsp3) is 0.692. The Labute approximate surface area is 126 Å². The van der Waals surface area contributed by atoms with E-state index in [0.717, 1.165) is 17.3 Å². The molecule has 4 nitrogen and oxygen atoms in total. The van der Waals surface area contributed by atoms with Gasteiger partial charge in [0.05, 0.1) is 23.8 Å². The number of aromatic nitrogens is 2. The molecule has 1 fully saturated rings. The van der Waals surface area contributed by atoms with Crippen molar-refractivity contribution in [3.8, 4) is 0 Å². The topological polar surface area (TPSA) is 44.1 Å². The van der Waals surface area contributed by atoms with E-state index in [4.69, 9.17) is 4.74 Å². The molecule has 106 valence electrons. The molecular weight excluding hydrogens is 328 g/mol. The Hall–Kier alpha value is -0.330. The number of nitrogens with zero attached hydrogens (tertiary/aromatic N) is 2. The van der Waals surface area contributed by atoms with E-state index >= 15 is 0 Å². The van der Waals surface area contributed by atoms with Crippen LogP contribution in [-0.2, 0) is 11.3 Å². The highest BCUT2D eigenvalue weighted by atomic mass is 79.9. The van der Waals surface area contributed by atoms with Crippen molar-refractivity contribution in [1.82, 2.24) is 9.78 Å². The zero-order valence-electron chi connectivity index (χ0n) is 11.1. The Morgan fingerprint density at radius 2 is 2.32 bits per heavy atom. The predicted octanol–water partition coefficient (Wildman–Crippen LogP) is 3.01. The second-order valence-electron chi connectivity index (χ2n) is 4.74. The number of thioether (sulfide) groups is 1. The Morgan fingerprint density at radius 3 is 3.00 bits per heavy atom. The summed E-state index contributed by atoms with van der Waals surface area (Å²) >= 11 is 5.41. The summed E-state index contributed by atoms with van der Waals surface area (Å²) in [5, 5.41) is 4.23. The van der Waals surface area contributed by atoms with Gasteiger partial charge in [-0.05, 0) is 46.2 Å². The van der Waals surface area contributed by atoms with E-state index in [0.29, 0.717) is 31.2 Å². The third-order valence-corrected chi connectivity index (χ3v) is 5.01. The molecular formula is C13H19BrN2O2S. The summed E-state index contributed by atoms with van der Waals surface area (Å²) in [4.78, 5) is 12.4. The first-order chi connectivity index (χ1) is 9.22. The van der Waals surface area contributed by atoms with Crippen molar-refractivity contribution in [3.05, 3.63) is 16.4 Å². The van der Waals surface area contributed by atoms with Gasteiger partial charge in [0, 0.05) is 13.5 Å². The van der Waals surface area contributed by atoms with Gasteiger partial charge in [-0.1, -0.05) is 0 Å². The van der Waals surface area contributed by atoms with Gasteiger partial charge in [0.15, 0.2) is 5.78 Å². The molecule has 1 aromatic heterocycles. The van der Waals surface area contributed by atoms with E-state index in [1.54, 1.807) is 18.0 Å². The highest BCUT2D eigenvalue weighted by molar-refractivity contribution is 9.10. The largest absolute Gasteiger partial charge is 0.383 e. The number of hydrogen-bond donors (Lipinski definition) is 0. The van der Waals surface area contributed by atoms with Gasteiger partial charge in [0.25, 0.3) is 0 Å². The molecule has 0 spiro atoms. The number of carbonyl (C=O) groups excluding carboxylic acids is 1. The van der Waals surface area contributed by atoms with Crippen molar-refractivity contribution in [2.75, 3.05) is 25.2 Å². The van der Waals surface area contributed by atoms with Crippen LogP contribution < -0.4 is 0 Å². The maximum Gasteiger partial charge on any atom is 0.182 e. The Balaban J connectivity index is 2.02. The lowest BCUT2D eigenvalue weighted by Crippen LogP contribution is -2.19. The Kier molecular flexibility index (Phi) is 5.91. The van der Waals surface area contributed by atoms with Gasteiger partial charge in [-0.3, -0.25) is 9.48 Å². The van der Waals surface area contributed by atoms with Crippen LogP contribution in [0.2, 0.25) is 0 Å². The zero-order chi connectivity index (χ0) is 13.7. The molecule has 1 aliphatic heterocycles. The lowest BCUT2D eigenvalue weighted by Gasteiger charge is -2.20. The van der Waals surface area contributed by atoms with E-state index in [-0.39, 0.29) is 5.78 Å². The maximum atomic E-state index is 12.4. The van der Waals surface area contributed by atoms with Gasteiger partial charge >= 0.3 is 0 Å². The van der Waals surface area contributed by atoms with Crippen LogP contribution >= 0.6 is 27.7 Å². The van der Waals surface area contributed by atoms with Crippen LogP contribution in [0, 0.1) is 5.92 Å². The highest BCUT2D eigenvalue weighted by Gasteiger charge is 2.22. The Bertz CT molecular complexity index is 430. The number of ketones is 1. The fourth-order valence-corrected chi connectivity index (χ4v) is 4.02. The summed E-state index contributed by atoms with van der Waals surface area (Å²) in [6, 6.07) is 0. The van der Waals surface area contributed by atoms with Gasteiger partial charge < -0.3 is 4.74 Å². The first kappa shape index (κ1) is 15.1. The van der Waals surface area contributed by atoms with Crippen LogP contribution in [0.1, 0.15) is 29.8 Å². The van der Waals surface area contributed by atoms with Crippen molar-refractivity contribution >= 4 is 33.5 Å². The van der Waals surface area contributed by atoms with Crippen molar-refractivity contribution in [1.29, 1.82) is 0 Å². The monoisotopic (exact) mass is 346 g/mol. The molecule has 19 heavy (non-hydrogen) atoms. The van der Waals surface area contributed by atoms with E-state index in [9.17, 15) is 4.79 Å². The number of ether oxygens (including phenoxy) is 1. The van der Waals surface area contributed by atoms with Crippen LogP contribution in [0.15, 0.2) is 10.7 Å². The number of Topliss-reactive ketones (excluding diaryl/α,β-unsaturated/α-hetero) is 1. The third kappa shape index (κ3) is 4.07. The maximum absolute atomic E-state index is 12.4. The molecule has 1 aromatic rings. The summed E-state index contributed by atoms with van der Waals surface area (Å²) in [6.07, 6.45) is 4.64. The van der Waals surface area contributed by atoms with Crippen molar-refractivity contribution < 1.29 is 9.53 Å². The molecule has 2 rings (SSSR count). The standard InChI is InChI=1S/C13H19BrN2O2S/c1-18-5-4-16-13(11(14)9-15-16)12(17)8-10-2-6-19-7-3-10/h9-10H,2-8H2,1H3. The highest BCUT2D eigenvalue weighted by Crippen LogP contribution is 2.28.